The molecule has 2 rings (SSSR count). The highest BCUT2D eigenvalue weighted by atomic mass is 16.6. The Morgan fingerprint density at radius 3 is 2.56 bits per heavy atom. The number of hydrogen-bond acceptors (Lipinski definition) is 5. The van der Waals surface area contributed by atoms with Crippen LogP contribution in [-0.2, 0) is 0 Å². The van der Waals surface area contributed by atoms with Crippen LogP contribution in [0.1, 0.15) is 44.0 Å². The number of benzene rings is 1. The summed E-state index contributed by atoms with van der Waals surface area (Å²) in [5.74, 6) is 0.232. The first-order valence-electron chi connectivity index (χ1n) is 8.44. The summed E-state index contributed by atoms with van der Waals surface area (Å²) in [4.78, 5) is 29.2. The molecule has 8 heteroatoms. The van der Waals surface area contributed by atoms with Crippen molar-refractivity contribution in [3.8, 4) is 5.69 Å². The third-order valence-corrected chi connectivity index (χ3v) is 4.39. The zero-order valence-electron chi connectivity index (χ0n) is 14.8. The molecule has 1 heterocycles. The van der Waals surface area contributed by atoms with E-state index in [0.29, 0.717) is 24.6 Å². The van der Waals surface area contributed by atoms with E-state index in [1.807, 2.05) is 6.92 Å². The molecule has 0 radical (unpaired) electrons. The van der Waals surface area contributed by atoms with Crippen molar-refractivity contribution in [2.75, 3.05) is 13.1 Å². The van der Waals surface area contributed by atoms with Crippen LogP contribution in [0.25, 0.3) is 5.69 Å². The molecule has 0 atom stereocenters. The first-order valence-corrected chi connectivity index (χ1v) is 8.44. The molecule has 1 amide bonds. The van der Waals surface area contributed by atoms with Gasteiger partial charge in [0.2, 0.25) is 0 Å². The number of aromatic nitrogens is 3. The molecule has 0 aliphatic heterocycles. The highest BCUT2D eigenvalue weighted by Crippen LogP contribution is 2.24. The van der Waals surface area contributed by atoms with Gasteiger partial charge >= 0.3 is 0 Å². The van der Waals surface area contributed by atoms with Crippen molar-refractivity contribution in [3.63, 3.8) is 0 Å². The monoisotopic (exact) mass is 345 g/mol. The fourth-order valence-electron chi connectivity index (χ4n) is 2.73. The number of amides is 1. The van der Waals surface area contributed by atoms with Crippen molar-refractivity contribution >= 4 is 11.6 Å². The van der Waals surface area contributed by atoms with Gasteiger partial charge in [-0.15, -0.1) is 0 Å². The molecule has 0 N–H and O–H groups in total. The van der Waals surface area contributed by atoms with E-state index in [2.05, 4.69) is 23.9 Å². The Balaban J connectivity index is 2.33. The van der Waals surface area contributed by atoms with Gasteiger partial charge in [0.05, 0.1) is 4.92 Å². The zero-order chi connectivity index (χ0) is 18.4. The number of carbonyl (C=O) groups is 1. The van der Waals surface area contributed by atoms with E-state index in [1.54, 1.807) is 11.0 Å². The van der Waals surface area contributed by atoms with E-state index in [0.717, 1.165) is 12.8 Å². The second-order valence-corrected chi connectivity index (χ2v) is 5.83. The van der Waals surface area contributed by atoms with Crippen molar-refractivity contribution in [3.05, 3.63) is 46.5 Å². The maximum absolute atomic E-state index is 12.8. The molecule has 0 saturated heterocycles. The van der Waals surface area contributed by atoms with Crippen LogP contribution in [0.15, 0.2) is 30.9 Å². The minimum absolute atomic E-state index is 0.171. The average Bonchev–Trinajstić information content (AvgIpc) is 3.16. The lowest BCUT2D eigenvalue weighted by atomic mass is 10.0. The van der Waals surface area contributed by atoms with Gasteiger partial charge in [0.1, 0.15) is 18.3 Å². The minimum atomic E-state index is -0.509. The van der Waals surface area contributed by atoms with Crippen molar-refractivity contribution < 1.29 is 9.72 Å². The first kappa shape index (κ1) is 18.6. The summed E-state index contributed by atoms with van der Waals surface area (Å²) in [5, 5.41) is 15.3. The zero-order valence-corrected chi connectivity index (χ0v) is 14.8. The Morgan fingerprint density at radius 1 is 1.32 bits per heavy atom. The van der Waals surface area contributed by atoms with Gasteiger partial charge in [-0.05, 0) is 25.0 Å². The molecule has 134 valence electrons. The van der Waals surface area contributed by atoms with Crippen LogP contribution >= 0.6 is 0 Å². The van der Waals surface area contributed by atoms with Gasteiger partial charge in [-0.1, -0.05) is 26.7 Å². The lowest BCUT2D eigenvalue weighted by Gasteiger charge is -2.25. The molecule has 0 bridgehead atoms. The maximum Gasteiger partial charge on any atom is 0.295 e. The highest BCUT2D eigenvalue weighted by Gasteiger charge is 2.23. The van der Waals surface area contributed by atoms with Gasteiger partial charge in [0, 0.05) is 24.7 Å². The van der Waals surface area contributed by atoms with Crippen molar-refractivity contribution in [1.82, 2.24) is 19.7 Å². The largest absolute Gasteiger partial charge is 0.339 e. The Hall–Kier alpha value is -2.77. The normalized spacial score (nSPS) is 10.9. The number of carbonyl (C=O) groups excluding carboxylic acids is 1. The second-order valence-electron chi connectivity index (χ2n) is 5.83. The topological polar surface area (TPSA) is 94.2 Å². The lowest BCUT2D eigenvalue weighted by molar-refractivity contribution is -0.384. The molecule has 25 heavy (non-hydrogen) atoms. The summed E-state index contributed by atoms with van der Waals surface area (Å²) in [6.45, 7) is 7.34. The van der Waals surface area contributed by atoms with E-state index in [4.69, 9.17) is 0 Å². The van der Waals surface area contributed by atoms with E-state index in [-0.39, 0.29) is 17.3 Å². The molecule has 0 spiro atoms. The van der Waals surface area contributed by atoms with Crippen LogP contribution in [0.4, 0.5) is 5.69 Å². The summed E-state index contributed by atoms with van der Waals surface area (Å²) in [5.41, 5.74) is 0.417. The molecular formula is C17H23N5O3. The highest BCUT2D eigenvalue weighted by molar-refractivity contribution is 5.95. The standard InChI is InChI=1S/C17H23N5O3/c1-4-13(5-2)10-20(6-3)17(23)14-7-8-15(16(9-14)22(24)25)21-12-18-11-19-21/h7-9,11-13H,4-6,10H2,1-3H3. The van der Waals surface area contributed by atoms with Crippen LogP contribution < -0.4 is 0 Å². The van der Waals surface area contributed by atoms with Crippen LogP contribution in [0.5, 0.6) is 0 Å². The molecule has 2 aromatic rings. The minimum Gasteiger partial charge on any atom is -0.339 e. The Labute approximate surface area is 146 Å². The van der Waals surface area contributed by atoms with Crippen LogP contribution in [-0.4, -0.2) is 43.6 Å². The average molecular weight is 345 g/mol. The lowest BCUT2D eigenvalue weighted by Crippen LogP contribution is -2.35. The summed E-state index contributed by atoms with van der Waals surface area (Å²) < 4.78 is 1.31. The predicted octanol–water partition coefficient (Wildman–Crippen LogP) is 3.07. The first-order chi connectivity index (χ1) is 12.0. The van der Waals surface area contributed by atoms with Crippen LogP contribution in [0.3, 0.4) is 0 Å². The van der Waals surface area contributed by atoms with Crippen molar-refractivity contribution in [2.45, 2.75) is 33.6 Å². The van der Waals surface area contributed by atoms with Crippen LogP contribution in [0.2, 0.25) is 0 Å². The van der Waals surface area contributed by atoms with Gasteiger partial charge in [0.15, 0.2) is 0 Å². The van der Waals surface area contributed by atoms with Gasteiger partial charge in [-0.3, -0.25) is 14.9 Å². The number of nitrogens with zero attached hydrogens (tertiary/aromatic N) is 5. The summed E-state index contributed by atoms with van der Waals surface area (Å²) in [6.07, 6.45) is 4.67. The summed E-state index contributed by atoms with van der Waals surface area (Å²) >= 11 is 0. The van der Waals surface area contributed by atoms with Gasteiger partial charge in [-0.25, -0.2) is 9.67 Å². The summed E-state index contributed by atoms with van der Waals surface area (Å²) in [6, 6.07) is 4.45. The van der Waals surface area contributed by atoms with Gasteiger partial charge < -0.3 is 4.90 Å². The molecule has 0 fully saturated rings. The molecule has 8 nitrogen and oxygen atoms in total. The van der Waals surface area contributed by atoms with Gasteiger partial charge in [-0.2, -0.15) is 5.10 Å². The smallest absolute Gasteiger partial charge is 0.295 e. The molecule has 0 aliphatic carbocycles. The number of nitro groups is 1. The van der Waals surface area contributed by atoms with Gasteiger partial charge in [0.25, 0.3) is 11.6 Å². The third-order valence-electron chi connectivity index (χ3n) is 4.39. The number of rotatable bonds is 8. The number of nitro benzene ring substituents is 1. The fourth-order valence-corrected chi connectivity index (χ4v) is 2.73. The molecule has 0 aliphatic rings. The molecule has 0 saturated carbocycles. The molecular weight excluding hydrogens is 322 g/mol. The van der Waals surface area contributed by atoms with Crippen molar-refractivity contribution in [1.29, 1.82) is 0 Å². The van der Waals surface area contributed by atoms with Crippen LogP contribution in [0, 0.1) is 16.0 Å². The van der Waals surface area contributed by atoms with E-state index < -0.39 is 4.92 Å². The Morgan fingerprint density at radius 2 is 2.04 bits per heavy atom. The fraction of sp³-hybridized carbons (Fsp3) is 0.471. The maximum atomic E-state index is 12.8. The van der Waals surface area contributed by atoms with Crippen molar-refractivity contribution in [2.24, 2.45) is 5.92 Å². The van der Waals surface area contributed by atoms with E-state index in [9.17, 15) is 14.9 Å². The Bertz CT molecular complexity index is 726. The Kier molecular flexibility index (Phi) is 6.21. The number of hydrogen-bond donors (Lipinski definition) is 0. The van der Waals surface area contributed by atoms with E-state index in [1.165, 1.54) is 29.5 Å². The molecule has 1 aromatic heterocycles. The summed E-state index contributed by atoms with van der Waals surface area (Å²) in [7, 11) is 0. The molecule has 0 unspecified atom stereocenters. The third kappa shape index (κ3) is 4.20. The van der Waals surface area contributed by atoms with E-state index >= 15 is 0 Å². The predicted molar refractivity (Wildman–Crippen MR) is 93.7 cm³/mol. The quantitative estimate of drug-likeness (QED) is 0.541. The SMILES string of the molecule is CCC(CC)CN(CC)C(=O)c1ccc(-n2cncn2)c([N+](=O)[O-])c1. The molecule has 1 aromatic carbocycles. The second kappa shape index (κ2) is 8.36.